The van der Waals surface area contributed by atoms with Gasteiger partial charge in [-0.2, -0.15) is 0 Å². The Hall–Kier alpha value is -0.980. The van der Waals surface area contributed by atoms with Crippen molar-refractivity contribution < 1.29 is 12.8 Å². The predicted molar refractivity (Wildman–Crippen MR) is 67.2 cm³/mol. The number of benzene rings is 1. The van der Waals surface area contributed by atoms with Crippen LogP contribution in [0.1, 0.15) is 24.0 Å². The molecule has 18 heavy (non-hydrogen) atoms. The smallest absolute Gasteiger partial charge is 0.241 e. The quantitative estimate of drug-likeness (QED) is 0.849. The van der Waals surface area contributed by atoms with Crippen LogP contribution < -0.4 is 10.0 Å². The van der Waals surface area contributed by atoms with Gasteiger partial charge in [-0.25, -0.2) is 17.5 Å². The summed E-state index contributed by atoms with van der Waals surface area (Å²) < 4.78 is 40.5. The van der Waals surface area contributed by atoms with Crippen molar-refractivity contribution in [2.75, 3.05) is 7.05 Å². The van der Waals surface area contributed by atoms with Gasteiger partial charge in [0.05, 0.1) is 4.90 Å². The standard InChI is InChI=1S/C12H17FN2O2S/c1-8-11(13)5-9(7-14-2)6-12(8)18(16,17)15-10-3-4-10/h5-6,10,14-15H,3-4,7H2,1-2H3. The fourth-order valence-electron chi connectivity index (χ4n) is 1.78. The summed E-state index contributed by atoms with van der Waals surface area (Å²) in [5, 5.41) is 2.88. The zero-order valence-electron chi connectivity index (χ0n) is 10.5. The number of hydrogen-bond acceptors (Lipinski definition) is 3. The molecule has 0 aliphatic heterocycles. The van der Waals surface area contributed by atoms with Gasteiger partial charge in [-0.15, -0.1) is 0 Å². The van der Waals surface area contributed by atoms with Crippen molar-refractivity contribution in [3.8, 4) is 0 Å². The molecule has 1 aromatic rings. The van der Waals surface area contributed by atoms with Gasteiger partial charge in [0, 0.05) is 18.2 Å². The van der Waals surface area contributed by atoms with Crippen molar-refractivity contribution in [1.29, 1.82) is 0 Å². The van der Waals surface area contributed by atoms with E-state index in [1.165, 1.54) is 19.1 Å². The van der Waals surface area contributed by atoms with Crippen LogP contribution in [0.3, 0.4) is 0 Å². The van der Waals surface area contributed by atoms with E-state index < -0.39 is 15.8 Å². The average Bonchev–Trinajstić information content (AvgIpc) is 3.06. The molecule has 6 heteroatoms. The number of nitrogens with one attached hydrogen (secondary N) is 2. The van der Waals surface area contributed by atoms with Gasteiger partial charge < -0.3 is 5.32 Å². The molecule has 0 radical (unpaired) electrons. The summed E-state index contributed by atoms with van der Waals surface area (Å²) >= 11 is 0. The van der Waals surface area contributed by atoms with E-state index in [1.54, 1.807) is 7.05 Å². The molecule has 0 bridgehead atoms. The van der Waals surface area contributed by atoms with E-state index in [-0.39, 0.29) is 16.5 Å². The van der Waals surface area contributed by atoms with Crippen LogP contribution in [-0.4, -0.2) is 21.5 Å². The number of hydrogen-bond donors (Lipinski definition) is 2. The molecule has 0 spiro atoms. The molecule has 1 aromatic carbocycles. The second-order valence-corrected chi connectivity index (χ2v) is 6.31. The zero-order valence-corrected chi connectivity index (χ0v) is 11.3. The molecule has 0 amide bonds. The van der Waals surface area contributed by atoms with Crippen LogP contribution in [-0.2, 0) is 16.6 Å². The number of halogens is 1. The maximum absolute atomic E-state index is 13.7. The maximum atomic E-state index is 13.7. The second kappa shape index (κ2) is 4.95. The third kappa shape index (κ3) is 2.88. The zero-order chi connectivity index (χ0) is 13.3. The Kier molecular flexibility index (Phi) is 3.70. The Morgan fingerprint density at radius 1 is 1.39 bits per heavy atom. The molecule has 1 aliphatic rings. The van der Waals surface area contributed by atoms with Crippen LogP contribution in [0.2, 0.25) is 0 Å². The summed E-state index contributed by atoms with van der Waals surface area (Å²) in [4.78, 5) is 0.0413. The normalized spacial score (nSPS) is 15.9. The van der Waals surface area contributed by atoms with Gasteiger partial charge in [-0.3, -0.25) is 0 Å². The molecule has 4 nitrogen and oxygen atoms in total. The van der Waals surface area contributed by atoms with Crippen LogP contribution in [0.25, 0.3) is 0 Å². The third-order valence-corrected chi connectivity index (χ3v) is 4.57. The van der Waals surface area contributed by atoms with E-state index in [0.717, 1.165) is 12.8 Å². The van der Waals surface area contributed by atoms with E-state index in [4.69, 9.17) is 0 Å². The highest BCUT2D eigenvalue weighted by atomic mass is 32.2. The molecule has 0 saturated heterocycles. The van der Waals surface area contributed by atoms with Crippen LogP contribution >= 0.6 is 0 Å². The molecule has 1 fully saturated rings. The van der Waals surface area contributed by atoms with Gasteiger partial charge in [-0.1, -0.05) is 0 Å². The first-order valence-corrected chi connectivity index (χ1v) is 7.38. The second-order valence-electron chi connectivity index (χ2n) is 4.63. The summed E-state index contributed by atoms with van der Waals surface area (Å²) in [5.74, 6) is -0.487. The lowest BCUT2D eigenvalue weighted by atomic mass is 10.1. The Balaban J connectivity index is 2.41. The van der Waals surface area contributed by atoms with Gasteiger partial charge in [0.25, 0.3) is 0 Å². The lowest BCUT2D eigenvalue weighted by molar-refractivity contribution is 0.572. The fraction of sp³-hybridized carbons (Fsp3) is 0.500. The van der Waals surface area contributed by atoms with Gasteiger partial charge in [0.15, 0.2) is 0 Å². The molecular formula is C12H17FN2O2S. The molecule has 100 valence electrons. The molecule has 0 atom stereocenters. The third-order valence-electron chi connectivity index (χ3n) is 2.93. The summed E-state index contributed by atoms with van der Waals surface area (Å²) in [7, 11) is -1.88. The van der Waals surface area contributed by atoms with E-state index in [9.17, 15) is 12.8 Å². The minimum Gasteiger partial charge on any atom is -0.316 e. The molecule has 1 saturated carbocycles. The van der Waals surface area contributed by atoms with Crippen molar-refractivity contribution in [2.24, 2.45) is 0 Å². The average molecular weight is 272 g/mol. The van der Waals surface area contributed by atoms with Gasteiger partial charge in [0.2, 0.25) is 10.0 Å². The van der Waals surface area contributed by atoms with Gasteiger partial charge in [0.1, 0.15) is 5.82 Å². The highest BCUT2D eigenvalue weighted by Crippen LogP contribution is 2.25. The van der Waals surface area contributed by atoms with Crippen molar-refractivity contribution in [3.63, 3.8) is 0 Å². The first kappa shape index (κ1) is 13.5. The first-order chi connectivity index (χ1) is 8.44. The topological polar surface area (TPSA) is 58.2 Å². The Labute approximate surface area is 107 Å². The minimum atomic E-state index is -3.61. The van der Waals surface area contributed by atoms with Crippen LogP contribution in [0.15, 0.2) is 17.0 Å². The van der Waals surface area contributed by atoms with E-state index in [1.807, 2.05) is 0 Å². The molecule has 0 aromatic heterocycles. The lowest BCUT2D eigenvalue weighted by Crippen LogP contribution is -2.27. The predicted octanol–water partition coefficient (Wildman–Crippen LogP) is 1.29. The highest BCUT2D eigenvalue weighted by molar-refractivity contribution is 7.89. The summed E-state index contributed by atoms with van der Waals surface area (Å²) in [6, 6.07) is 2.91. The monoisotopic (exact) mass is 272 g/mol. The van der Waals surface area contributed by atoms with Crippen LogP contribution in [0.4, 0.5) is 4.39 Å². The molecule has 0 unspecified atom stereocenters. The van der Waals surface area contributed by atoms with E-state index in [0.29, 0.717) is 12.1 Å². The fourth-order valence-corrected chi connectivity index (χ4v) is 3.39. The van der Waals surface area contributed by atoms with E-state index >= 15 is 0 Å². The number of sulfonamides is 1. The highest BCUT2D eigenvalue weighted by Gasteiger charge is 2.29. The van der Waals surface area contributed by atoms with E-state index in [2.05, 4.69) is 10.0 Å². The largest absolute Gasteiger partial charge is 0.316 e. The van der Waals surface area contributed by atoms with Crippen molar-refractivity contribution in [3.05, 3.63) is 29.1 Å². The molecular weight excluding hydrogens is 255 g/mol. The maximum Gasteiger partial charge on any atom is 0.241 e. The molecule has 2 rings (SSSR count). The van der Waals surface area contributed by atoms with Gasteiger partial charge >= 0.3 is 0 Å². The summed E-state index contributed by atoms with van der Waals surface area (Å²) in [5.41, 5.74) is 0.791. The molecule has 1 aliphatic carbocycles. The Morgan fingerprint density at radius 2 is 2.06 bits per heavy atom. The number of rotatable bonds is 5. The Morgan fingerprint density at radius 3 is 2.61 bits per heavy atom. The van der Waals surface area contributed by atoms with Crippen LogP contribution in [0.5, 0.6) is 0 Å². The van der Waals surface area contributed by atoms with Gasteiger partial charge in [-0.05, 0) is 44.5 Å². The molecule has 2 N–H and O–H groups in total. The summed E-state index contributed by atoms with van der Waals surface area (Å²) in [6.45, 7) is 1.92. The van der Waals surface area contributed by atoms with Crippen molar-refractivity contribution in [2.45, 2.75) is 37.2 Å². The van der Waals surface area contributed by atoms with Crippen LogP contribution in [0, 0.1) is 12.7 Å². The lowest BCUT2D eigenvalue weighted by Gasteiger charge is -2.11. The SMILES string of the molecule is CNCc1cc(F)c(C)c(S(=O)(=O)NC2CC2)c1. The van der Waals surface area contributed by atoms with Crippen molar-refractivity contribution >= 4 is 10.0 Å². The molecule has 0 heterocycles. The summed E-state index contributed by atoms with van der Waals surface area (Å²) in [6.07, 6.45) is 1.72. The Bertz CT molecular complexity index is 553. The minimum absolute atomic E-state index is 0.0189. The first-order valence-electron chi connectivity index (χ1n) is 5.90. The van der Waals surface area contributed by atoms with Crippen molar-refractivity contribution in [1.82, 2.24) is 10.0 Å².